The average molecular weight is 230 g/mol. The third-order valence-corrected chi connectivity index (χ3v) is 3.41. The number of hydrogen-bond acceptors (Lipinski definition) is 4. The number of nitrogens with zero attached hydrogens (tertiary/aromatic N) is 4. The van der Waals surface area contributed by atoms with Crippen LogP contribution in [0.2, 0.25) is 0 Å². The van der Waals surface area contributed by atoms with Gasteiger partial charge < -0.3 is 4.90 Å². The maximum atomic E-state index is 8.71. The topological polar surface area (TPSA) is 52.8 Å². The van der Waals surface area contributed by atoms with Crippen LogP contribution in [0.5, 0.6) is 0 Å². The fraction of sp³-hybridized carbons (Fsp3) is 0.615. The van der Waals surface area contributed by atoms with Gasteiger partial charge in [-0.2, -0.15) is 5.26 Å². The largest absolute Gasteiger partial charge is 0.352 e. The van der Waals surface area contributed by atoms with Crippen LogP contribution in [0.25, 0.3) is 0 Å². The molecule has 0 spiro atoms. The van der Waals surface area contributed by atoms with Crippen molar-refractivity contribution in [2.24, 2.45) is 5.92 Å². The third-order valence-electron chi connectivity index (χ3n) is 3.41. The minimum absolute atomic E-state index is 0.379. The van der Waals surface area contributed by atoms with Crippen LogP contribution in [0.4, 0.5) is 5.82 Å². The summed E-state index contributed by atoms with van der Waals surface area (Å²) >= 11 is 0. The lowest BCUT2D eigenvalue weighted by Gasteiger charge is -2.29. The fourth-order valence-corrected chi connectivity index (χ4v) is 2.37. The van der Waals surface area contributed by atoms with Gasteiger partial charge in [0, 0.05) is 12.6 Å². The van der Waals surface area contributed by atoms with Crippen molar-refractivity contribution < 1.29 is 0 Å². The Kier molecular flexibility index (Phi) is 3.58. The van der Waals surface area contributed by atoms with Crippen LogP contribution in [0, 0.1) is 17.2 Å². The molecule has 2 rings (SSSR count). The predicted molar refractivity (Wildman–Crippen MR) is 66.6 cm³/mol. The van der Waals surface area contributed by atoms with Gasteiger partial charge in [0.1, 0.15) is 11.9 Å². The molecule has 0 radical (unpaired) electrons. The SMILES string of the molecule is CC1CCCC(C)N(c2cnc(C#N)cn2)C1. The molecule has 4 nitrogen and oxygen atoms in total. The summed E-state index contributed by atoms with van der Waals surface area (Å²) in [6.45, 7) is 5.54. The van der Waals surface area contributed by atoms with Crippen molar-refractivity contribution in [3.8, 4) is 6.07 Å². The molecular weight excluding hydrogens is 212 g/mol. The second-order valence-electron chi connectivity index (χ2n) is 4.91. The maximum Gasteiger partial charge on any atom is 0.158 e. The molecule has 1 fully saturated rings. The fourth-order valence-electron chi connectivity index (χ4n) is 2.37. The highest BCUT2D eigenvalue weighted by Gasteiger charge is 2.22. The number of hydrogen-bond donors (Lipinski definition) is 0. The van der Waals surface area contributed by atoms with Crippen molar-refractivity contribution >= 4 is 5.82 Å². The standard InChI is InChI=1S/C13H18N4/c1-10-4-3-5-11(2)17(9-10)13-8-15-12(6-14)7-16-13/h7-8,10-11H,3-5,9H2,1-2H3. The van der Waals surface area contributed by atoms with Gasteiger partial charge in [-0.15, -0.1) is 0 Å². The van der Waals surface area contributed by atoms with Gasteiger partial charge in [0.15, 0.2) is 5.69 Å². The minimum Gasteiger partial charge on any atom is -0.352 e. The lowest BCUT2D eigenvalue weighted by atomic mass is 10.1. The second-order valence-corrected chi connectivity index (χ2v) is 4.91. The number of nitriles is 1. The van der Waals surface area contributed by atoms with Crippen LogP contribution >= 0.6 is 0 Å². The normalized spacial score (nSPS) is 25.1. The molecule has 0 aliphatic carbocycles. The summed E-state index contributed by atoms with van der Waals surface area (Å²) in [5.74, 6) is 1.59. The van der Waals surface area contributed by atoms with Crippen LogP contribution in [0.3, 0.4) is 0 Å². The highest BCUT2D eigenvalue weighted by atomic mass is 15.2. The van der Waals surface area contributed by atoms with E-state index in [1.165, 1.54) is 19.3 Å². The molecule has 0 N–H and O–H groups in total. The summed E-state index contributed by atoms with van der Waals surface area (Å²) in [6.07, 6.45) is 7.03. The number of rotatable bonds is 1. The highest BCUT2D eigenvalue weighted by molar-refractivity contribution is 5.38. The maximum absolute atomic E-state index is 8.71. The van der Waals surface area contributed by atoms with Crippen LogP contribution in [-0.4, -0.2) is 22.6 Å². The molecule has 0 bridgehead atoms. The first-order chi connectivity index (χ1) is 8.20. The molecule has 1 saturated heterocycles. The average Bonchev–Trinajstić information content (AvgIpc) is 2.51. The first-order valence-electron chi connectivity index (χ1n) is 6.19. The van der Waals surface area contributed by atoms with Crippen LogP contribution in [0.1, 0.15) is 38.8 Å². The lowest BCUT2D eigenvalue weighted by Crippen LogP contribution is -2.35. The van der Waals surface area contributed by atoms with Crippen molar-refractivity contribution in [2.75, 3.05) is 11.4 Å². The molecule has 17 heavy (non-hydrogen) atoms. The first-order valence-corrected chi connectivity index (χ1v) is 6.19. The van der Waals surface area contributed by atoms with Gasteiger partial charge in [0.25, 0.3) is 0 Å². The molecule has 1 aliphatic rings. The molecule has 90 valence electrons. The molecule has 0 amide bonds. The first kappa shape index (κ1) is 11.8. The van der Waals surface area contributed by atoms with Crippen molar-refractivity contribution in [3.63, 3.8) is 0 Å². The van der Waals surface area contributed by atoms with Gasteiger partial charge in [0.05, 0.1) is 12.4 Å². The number of anilines is 1. The summed E-state index contributed by atoms with van der Waals surface area (Å²) in [4.78, 5) is 10.7. The van der Waals surface area contributed by atoms with Gasteiger partial charge in [-0.3, -0.25) is 0 Å². The van der Waals surface area contributed by atoms with Gasteiger partial charge >= 0.3 is 0 Å². The molecule has 4 heteroatoms. The van der Waals surface area contributed by atoms with Gasteiger partial charge in [-0.05, 0) is 25.7 Å². The van der Waals surface area contributed by atoms with Crippen LogP contribution in [-0.2, 0) is 0 Å². The van der Waals surface area contributed by atoms with E-state index in [0.717, 1.165) is 12.4 Å². The Labute approximate surface area is 102 Å². The molecule has 1 aromatic rings. The van der Waals surface area contributed by atoms with Crippen molar-refractivity contribution in [2.45, 2.75) is 39.2 Å². The summed E-state index contributed by atoms with van der Waals surface area (Å²) < 4.78 is 0. The Bertz CT molecular complexity index is 406. The second kappa shape index (κ2) is 5.13. The molecule has 2 atom stereocenters. The number of aromatic nitrogens is 2. The van der Waals surface area contributed by atoms with E-state index in [1.807, 2.05) is 6.07 Å². The Morgan fingerprint density at radius 1 is 1.29 bits per heavy atom. The minimum atomic E-state index is 0.379. The summed E-state index contributed by atoms with van der Waals surface area (Å²) in [7, 11) is 0. The van der Waals surface area contributed by atoms with E-state index in [1.54, 1.807) is 12.4 Å². The van der Waals surface area contributed by atoms with E-state index in [2.05, 4.69) is 28.7 Å². The van der Waals surface area contributed by atoms with E-state index in [-0.39, 0.29) is 0 Å². The van der Waals surface area contributed by atoms with Crippen LogP contribution < -0.4 is 4.90 Å². The van der Waals surface area contributed by atoms with Crippen molar-refractivity contribution in [1.29, 1.82) is 5.26 Å². The zero-order valence-corrected chi connectivity index (χ0v) is 10.4. The van der Waals surface area contributed by atoms with E-state index in [4.69, 9.17) is 5.26 Å². The summed E-state index contributed by atoms with van der Waals surface area (Å²) in [5.41, 5.74) is 0.379. The summed E-state index contributed by atoms with van der Waals surface area (Å²) in [5, 5.41) is 8.71. The Morgan fingerprint density at radius 3 is 2.76 bits per heavy atom. The highest BCUT2D eigenvalue weighted by Crippen LogP contribution is 2.24. The molecule has 0 saturated carbocycles. The van der Waals surface area contributed by atoms with Gasteiger partial charge in [0.2, 0.25) is 0 Å². The molecule has 1 aromatic heterocycles. The summed E-state index contributed by atoms with van der Waals surface area (Å²) in [6, 6.07) is 2.50. The monoisotopic (exact) mass is 230 g/mol. The van der Waals surface area contributed by atoms with Crippen molar-refractivity contribution in [3.05, 3.63) is 18.1 Å². The van der Waals surface area contributed by atoms with Crippen molar-refractivity contribution in [1.82, 2.24) is 9.97 Å². The van der Waals surface area contributed by atoms with E-state index in [0.29, 0.717) is 17.7 Å². The van der Waals surface area contributed by atoms with E-state index < -0.39 is 0 Å². The molecule has 1 aliphatic heterocycles. The quantitative estimate of drug-likeness (QED) is 0.743. The molecule has 2 heterocycles. The zero-order chi connectivity index (χ0) is 12.3. The Hall–Kier alpha value is -1.63. The Balaban J connectivity index is 2.20. The zero-order valence-electron chi connectivity index (χ0n) is 10.4. The molecule has 0 aromatic carbocycles. The van der Waals surface area contributed by atoms with Gasteiger partial charge in [-0.1, -0.05) is 13.3 Å². The smallest absolute Gasteiger partial charge is 0.158 e. The lowest BCUT2D eigenvalue weighted by molar-refractivity contribution is 0.542. The molecular formula is C13H18N4. The molecule has 2 unspecified atom stereocenters. The Morgan fingerprint density at radius 2 is 2.12 bits per heavy atom. The van der Waals surface area contributed by atoms with Gasteiger partial charge in [-0.25, -0.2) is 9.97 Å². The van der Waals surface area contributed by atoms with Crippen LogP contribution in [0.15, 0.2) is 12.4 Å². The third kappa shape index (κ3) is 2.73. The van der Waals surface area contributed by atoms with E-state index in [9.17, 15) is 0 Å². The predicted octanol–water partition coefficient (Wildman–Crippen LogP) is 2.36. The van der Waals surface area contributed by atoms with E-state index >= 15 is 0 Å².